The zero-order chi connectivity index (χ0) is 23.6. The summed E-state index contributed by atoms with van der Waals surface area (Å²) in [4.78, 5) is 12.9. The number of carbonyl (C=O) groups excluding carboxylic acids is 1. The van der Waals surface area contributed by atoms with Gasteiger partial charge in [-0.3, -0.25) is 4.79 Å². The third kappa shape index (κ3) is 5.15. The highest BCUT2D eigenvalue weighted by molar-refractivity contribution is 7.91. The highest BCUT2D eigenvalue weighted by Gasteiger charge is 2.33. The van der Waals surface area contributed by atoms with Gasteiger partial charge in [-0.1, -0.05) is 12.1 Å². The summed E-state index contributed by atoms with van der Waals surface area (Å²) in [6.07, 6.45) is 2.47. The lowest BCUT2D eigenvalue weighted by atomic mass is 9.97. The van der Waals surface area contributed by atoms with Crippen molar-refractivity contribution in [3.63, 3.8) is 0 Å². The third-order valence-corrected chi connectivity index (χ3v) is 8.78. The Morgan fingerprint density at radius 2 is 1.64 bits per heavy atom. The maximum atomic E-state index is 13.1. The Hall–Kier alpha value is -2.63. The summed E-state index contributed by atoms with van der Waals surface area (Å²) in [5.41, 5.74) is 0.229. The lowest BCUT2D eigenvalue weighted by Crippen LogP contribution is -2.41. The maximum Gasteiger partial charge on any atom is 0.243 e. The van der Waals surface area contributed by atoms with Gasteiger partial charge in [0.1, 0.15) is 0 Å². The number of piperidine rings is 1. The van der Waals surface area contributed by atoms with Gasteiger partial charge in [0, 0.05) is 37.8 Å². The molecule has 1 amide bonds. The van der Waals surface area contributed by atoms with E-state index in [2.05, 4.69) is 5.32 Å². The van der Waals surface area contributed by atoms with E-state index in [4.69, 9.17) is 9.47 Å². The maximum absolute atomic E-state index is 13.1. The van der Waals surface area contributed by atoms with Gasteiger partial charge in [0.25, 0.3) is 0 Å². The number of hydrogen-bond donors (Lipinski definition) is 1. The number of sulfone groups is 1. The van der Waals surface area contributed by atoms with Crippen molar-refractivity contribution >= 4 is 31.5 Å². The molecule has 0 unspecified atom stereocenters. The summed E-state index contributed by atoms with van der Waals surface area (Å²) in [6.45, 7) is 1.34. The van der Waals surface area contributed by atoms with Gasteiger partial charge in [-0.2, -0.15) is 4.31 Å². The average molecular weight is 495 g/mol. The predicted octanol–water partition coefficient (Wildman–Crippen LogP) is 2.29. The number of sulfonamides is 1. The van der Waals surface area contributed by atoms with Crippen LogP contribution in [0, 0.1) is 5.92 Å². The minimum absolute atomic E-state index is 0.0489. The van der Waals surface area contributed by atoms with Crippen LogP contribution in [0.25, 0.3) is 0 Å². The molecule has 0 atom stereocenters. The van der Waals surface area contributed by atoms with Crippen LogP contribution in [0.1, 0.15) is 19.3 Å². The lowest BCUT2D eigenvalue weighted by Gasteiger charge is -2.30. The fraction of sp³-hybridized carbons (Fsp3) is 0.409. The van der Waals surface area contributed by atoms with E-state index in [9.17, 15) is 21.6 Å². The summed E-state index contributed by atoms with van der Waals surface area (Å²) in [7, 11) is -7.25. The number of nitrogens with zero attached hydrogens (tertiary/aromatic N) is 1. The van der Waals surface area contributed by atoms with Gasteiger partial charge in [-0.15, -0.1) is 0 Å². The van der Waals surface area contributed by atoms with Gasteiger partial charge in [-0.05, 0) is 37.1 Å². The van der Waals surface area contributed by atoms with Crippen molar-refractivity contribution in [1.29, 1.82) is 0 Å². The summed E-state index contributed by atoms with van der Waals surface area (Å²) in [5, 5.41) is 2.70. The summed E-state index contributed by atoms with van der Waals surface area (Å²) in [5.74, 6) is 0.190. The Labute approximate surface area is 193 Å². The summed E-state index contributed by atoms with van der Waals surface area (Å²) < 4.78 is 62.8. The lowest BCUT2D eigenvalue weighted by molar-refractivity contribution is -0.120. The van der Waals surface area contributed by atoms with Crippen molar-refractivity contribution in [2.45, 2.75) is 29.1 Å². The average Bonchev–Trinajstić information content (AvgIpc) is 3.04. The molecule has 1 saturated heterocycles. The number of hydrogen-bond acceptors (Lipinski definition) is 7. The zero-order valence-electron chi connectivity index (χ0n) is 18.2. The van der Waals surface area contributed by atoms with Crippen molar-refractivity contribution in [3.8, 4) is 11.5 Å². The topological polar surface area (TPSA) is 119 Å². The molecule has 9 nitrogen and oxygen atoms in total. The Balaban J connectivity index is 1.43. The first-order chi connectivity index (χ1) is 15.7. The first-order valence-corrected chi connectivity index (χ1v) is 14.0. The number of para-hydroxylation sites is 1. The van der Waals surface area contributed by atoms with E-state index in [-0.39, 0.29) is 34.5 Å². The Morgan fingerprint density at radius 1 is 0.970 bits per heavy atom. The number of anilines is 1. The van der Waals surface area contributed by atoms with Gasteiger partial charge in [0.2, 0.25) is 15.9 Å². The molecule has 178 valence electrons. The van der Waals surface area contributed by atoms with Crippen LogP contribution in [0.2, 0.25) is 0 Å². The number of benzene rings is 2. The highest BCUT2D eigenvalue weighted by atomic mass is 32.2. The van der Waals surface area contributed by atoms with Crippen LogP contribution >= 0.6 is 0 Å². The van der Waals surface area contributed by atoms with E-state index in [1.807, 2.05) is 0 Å². The number of nitrogens with one attached hydrogen (secondary N) is 1. The number of fused-ring (bicyclic) bond motifs is 1. The molecule has 2 aromatic rings. The zero-order valence-corrected chi connectivity index (χ0v) is 19.8. The Bertz CT molecular complexity index is 1250. The van der Waals surface area contributed by atoms with Crippen LogP contribution in [0.5, 0.6) is 11.5 Å². The first kappa shape index (κ1) is 23.5. The van der Waals surface area contributed by atoms with Gasteiger partial charge in [0.05, 0.1) is 28.7 Å². The van der Waals surface area contributed by atoms with Crippen LogP contribution in [0.4, 0.5) is 5.69 Å². The van der Waals surface area contributed by atoms with E-state index in [1.54, 1.807) is 18.2 Å². The van der Waals surface area contributed by atoms with Crippen molar-refractivity contribution in [1.82, 2.24) is 4.31 Å². The SMILES string of the molecule is CS(=O)(=O)c1ccccc1NC(=O)C1CCN(S(=O)(=O)c2ccc3c(c2)OCCCO3)CC1. The minimum Gasteiger partial charge on any atom is -0.490 e. The van der Waals surface area contributed by atoms with Crippen molar-refractivity contribution < 1.29 is 31.1 Å². The second-order valence-corrected chi connectivity index (χ2v) is 12.0. The second kappa shape index (κ2) is 9.32. The molecule has 4 rings (SSSR count). The minimum atomic E-state index is -3.75. The molecule has 2 aromatic carbocycles. The third-order valence-electron chi connectivity index (χ3n) is 5.73. The van der Waals surface area contributed by atoms with Crippen LogP contribution in [-0.4, -0.2) is 59.6 Å². The fourth-order valence-corrected chi connectivity index (χ4v) is 6.27. The van der Waals surface area contributed by atoms with Crippen LogP contribution in [0.15, 0.2) is 52.3 Å². The molecule has 11 heteroatoms. The normalized spacial score (nSPS) is 17.8. The Kier molecular flexibility index (Phi) is 6.64. The van der Waals surface area contributed by atoms with E-state index in [1.165, 1.54) is 28.6 Å². The molecule has 2 aliphatic rings. The standard InChI is InChI=1S/C22H26N2O7S2/c1-32(26,27)21-6-3-2-5-18(21)23-22(25)16-9-11-24(12-10-16)33(28,29)17-7-8-19-20(15-17)31-14-4-13-30-19/h2-3,5-8,15-16H,4,9-14H2,1H3,(H,23,25). The molecular weight excluding hydrogens is 468 g/mol. The largest absolute Gasteiger partial charge is 0.490 e. The van der Waals surface area contributed by atoms with E-state index in [0.717, 1.165) is 12.7 Å². The van der Waals surface area contributed by atoms with E-state index in [0.29, 0.717) is 37.6 Å². The van der Waals surface area contributed by atoms with Gasteiger partial charge in [0.15, 0.2) is 21.3 Å². The van der Waals surface area contributed by atoms with Gasteiger partial charge >= 0.3 is 0 Å². The molecule has 0 radical (unpaired) electrons. The molecule has 2 aliphatic heterocycles. The molecule has 0 bridgehead atoms. The molecule has 33 heavy (non-hydrogen) atoms. The molecule has 1 N–H and O–H groups in total. The number of amides is 1. The number of ether oxygens (including phenoxy) is 2. The van der Waals surface area contributed by atoms with Crippen molar-refractivity contribution in [2.75, 3.05) is 37.9 Å². The number of rotatable bonds is 5. The smallest absolute Gasteiger partial charge is 0.243 e. The van der Waals surface area contributed by atoms with Gasteiger partial charge < -0.3 is 14.8 Å². The fourth-order valence-electron chi connectivity index (χ4n) is 3.94. The quantitative estimate of drug-likeness (QED) is 0.677. The highest BCUT2D eigenvalue weighted by Crippen LogP contribution is 2.34. The Morgan fingerprint density at radius 3 is 2.33 bits per heavy atom. The van der Waals surface area contributed by atoms with Crippen molar-refractivity contribution in [2.24, 2.45) is 5.92 Å². The van der Waals surface area contributed by atoms with Crippen molar-refractivity contribution in [3.05, 3.63) is 42.5 Å². The van der Waals surface area contributed by atoms with Crippen LogP contribution in [0.3, 0.4) is 0 Å². The van der Waals surface area contributed by atoms with Crippen LogP contribution < -0.4 is 14.8 Å². The first-order valence-electron chi connectivity index (χ1n) is 10.7. The predicted molar refractivity (Wildman–Crippen MR) is 122 cm³/mol. The molecule has 0 aliphatic carbocycles. The molecule has 1 fully saturated rings. The monoisotopic (exact) mass is 494 g/mol. The van der Waals surface area contributed by atoms with Crippen LogP contribution in [-0.2, 0) is 24.7 Å². The summed E-state index contributed by atoms with van der Waals surface area (Å²) >= 11 is 0. The second-order valence-electron chi connectivity index (χ2n) is 8.09. The summed E-state index contributed by atoms with van der Waals surface area (Å²) in [6, 6.07) is 10.8. The molecule has 0 spiro atoms. The number of carbonyl (C=O) groups is 1. The van der Waals surface area contributed by atoms with E-state index < -0.39 is 25.8 Å². The molecule has 0 saturated carbocycles. The van der Waals surface area contributed by atoms with E-state index >= 15 is 0 Å². The molecule has 0 aromatic heterocycles. The molecular formula is C22H26N2O7S2. The molecule has 2 heterocycles. The van der Waals surface area contributed by atoms with Gasteiger partial charge in [-0.25, -0.2) is 16.8 Å².